The number of hydrogen-bond donors (Lipinski definition) is 2. The Kier molecular flexibility index (Phi) is 7.04. The summed E-state index contributed by atoms with van der Waals surface area (Å²) in [7, 11) is 5.70. The molecule has 20 heavy (non-hydrogen) atoms. The molecule has 2 amide bonds. The third-order valence-corrected chi connectivity index (χ3v) is 3.32. The fourth-order valence-corrected chi connectivity index (χ4v) is 1.92. The van der Waals surface area contributed by atoms with Gasteiger partial charge in [-0.05, 0) is 26.1 Å². The van der Waals surface area contributed by atoms with Crippen LogP contribution in [0.1, 0.15) is 5.56 Å². The first-order chi connectivity index (χ1) is 9.54. The molecule has 5 heteroatoms. The molecule has 0 radical (unpaired) electrons. The number of nitrogens with one attached hydrogen (secondary N) is 1. The zero-order valence-corrected chi connectivity index (χ0v) is 12.5. The number of rotatable bonds is 7. The molecule has 1 aromatic rings. The third kappa shape index (κ3) is 5.59. The molecule has 0 bridgehead atoms. The van der Waals surface area contributed by atoms with Crippen LogP contribution in [0.2, 0.25) is 0 Å². The van der Waals surface area contributed by atoms with Crippen LogP contribution >= 0.6 is 0 Å². The zero-order chi connectivity index (χ0) is 15.0. The minimum Gasteiger partial charge on any atom is -0.395 e. The van der Waals surface area contributed by atoms with Crippen LogP contribution in [0.5, 0.6) is 0 Å². The lowest BCUT2D eigenvalue weighted by molar-refractivity contribution is 0.186. The van der Waals surface area contributed by atoms with E-state index in [2.05, 4.69) is 22.3 Å². The highest BCUT2D eigenvalue weighted by molar-refractivity contribution is 5.73. The number of urea groups is 1. The molecule has 0 aliphatic heterocycles. The second-order valence-corrected chi connectivity index (χ2v) is 5.14. The van der Waals surface area contributed by atoms with E-state index in [9.17, 15) is 4.79 Å². The molecule has 1 atom stereocenters. The van der Waals surface area contributed by atoms with E-state index < -0.39 is 0 Å². The maximum atomic E-state index is 11.8. The lowest BCUT2D eigenvalue weighted by Crippen LogP contribution is -2.46. The molecule has 0 saturated carbocycles. The van der Waals surface area contributed by atoms with Gasteiger partial charge < -0.3 is 20.2 Å². The van der Waals surface area contributed by atoms with Gasteiger partial charge in [0.15, 0.2) is 0 Å². The molecule has 0 aliphatic carbocycles. The molecular weight excluding hydrogens is 254 g/mol. The Hall–Kier alpha value is -1.59. The number of aliphatic hydroxyl groups excluding tert-OH is 1. The highest BCUT2D eigenvalue weighted by atomic mass is 16.3. The Labute approximate surface area is 121 Å². The fraction of sp³-hybridized carbons (Fsp3) is 0.533. The van der Waals surface area contributed by atoms with E-state index in [0.717, 1.165) is 6.42 Å². The molecular formula is C15H25N3O2. The monoisotopic (exact) mass is 279 g/mol. The van der Waals surface area contributed by atoms with Crippen molar-refractivity contribution in [3.8, 4) is 0 Å². The average molecular weight is 279 g/mol. The van der Waals surface area contributed by atoms with Crippen LogP contribution in [0.25, 0.3) is 0 Å². The summed E-state index contributed by atoms with van der Waals surface area (Å²) in [6, 6.07) is 10.3. The van der Waals surface area contributed by atoms with Crippen LogP contribution < -0.4 is 5.32 Å². The minimum atomic E-state index is -0.154. The number of nitrogens with zero attached hydrogens (tertiary/aromatic N) is 2. The largest absolute Gasteiger partial charge is 0.395 e. The summed E-state index contributed by atoms with van der Waals surface area (Å²) in [4.78, 5) is 15.4. The summed E-state index contributed by atoms with van der Waals surface area (Å²) < 4.78 is 0. The Bertz CT molecular complexity index is 395. The van der Waals surface area contributed by atoms with Crippen molar-refractivity contribution in [2.24, 2.45) is 0 Å². The second kappa shape index (κ2) is 8.55. The Balaban J connectivity index is 2.50. The summed E-state index contributed by atoms with van der Waals surface area (Å²) in [6.45, 7) is 0.901. The summed E-state index contributed by atoms with van der Waals surface area (Å²) in [5, 5.41) is 11.7. The van der Waals surface area contributed by atoms with Crippen molar-refractivity contribution in [1.29, 1.82) is 0 Å². The minimum absolute atomic E-state index is 0.0228. The van der Waals surface area contributed by atoms with Gasteiger partial charge >= 0.3 is 6.03 Å². The maximum absolute atomic E-state index is 11.8. The average Bonchev–Trinajstić information content (AvgIpc) is 2.44. The predicted octanol–water partition coefficient (Wildman–Crippen LogP) is 0.793. The molecule has 0 fully saturated rings. The SMILES string of the molecule is CN(CCO)C(=O)NCC(Cc1ccccc1)N(C)C. The van der Waals surface area contributed by atoms with Crippen molar-refractivity contribution in [3.05, 3.63) is 35.9 Å². The molecule has 1 aromatic carbocycles. The van der Waals surface area contributed by atoms with E-state index in [1.165, 1.54) is 10.5 Å². The van der Waals surface area contributed by atoms with Crippen LogP contribution in [0.4, 0.5) is 4.79 Å². The van der Waals surface area contributed by atoms with Crippen molar-refractivity contribution in [3.63, 3.8) is 0 Å². The molecule has 0 aromatic heterocycles. The van der Waals surface area contributed by atoms with Crippen LogP contribution in [0, 0.1) is 0 Å². The van der Waals surface area contributed by atoms with Gasteiger partial charge in [-0.25, -0.2) is 4.79 Å². The Morgan fingerprint density at radius 1 is 1.25 bits per heavy atom. The van der Waals surface area contributed by atoms with Gasteiger partial charge in [-0.1, -0.05) is 30.3 Å². The first-order valence-electron chi connectivity index (χ1n) is 6.84. The lowest BCUT2D eigenvalue weighted by atomic mass is 10.1. The van der Waals surface area contributed by atoms with E-state index in [1.807, 2.05) is 32.3 Å². The number of amides is 2. The normalized spacial score (nSPS) is 12.2. The Morgan fingerprint density at radius 3 is 2.45 bits per heavy atom. The molecule has 2 N–H and O–H groups in total. The molecule has 0 heterocycles. The second-order valence-electron chi connectivity index (χ2n) is 5.14. The topological polar surface area (TPSA) is 55.8 Å². The molecule has 0 saturated heterocycles. The van der Waals surface area contributed by atoms with Gasteiger partial charge in [0.2, 0.25) is 0 Å². The first-order valence-corrected chi connectivity index (χ1v) is 6.84. The number of hydrogen-bond acceptors (Lipinski definition) is 3. The number of carbonyl (C=O) groups is 1. The summed E-state index contributed by atoms with van der Waals surface area (Å²) in [5.74, 6) is 0. The van der Waals surface area contributed by atoms with Gasteiger partial charge in [0.05, 0.1) is 6.61 Å². The number of likely N-dealkylation sites (N-methyl/N-ethyl adjacent to an activating group) is 2. The van der Waals surface area contributed by atoms with E-state index in [4.69, 9.17) is 5.11 Å². The quantitative estimate of drug-likeness (QED) is 0.776. The molecule has 1 rings (SSSR count). The van der Waals surface area contributed by atoms with Crippen molar-refractivity contribution in [2.45, 2.75) is 12.5 Å². The summed E-state index contributed by atoms with van der Waals surface area (Å²) in [5.41, 5.74) is 1.25. The van der Waals surface area contributed by atoms with E-state index in [1.54, 1.807) is 7.05 Å². The molecule has 1 unspecified atom stereocenters. The predicted molar refractivity (Wildman–Crippen MR) is 80.7 cm³/mol. The highest BCUT2D eigenvalue weighted by Gasteiger charge is 2.15. The van der Waals surface area contributed by atoms with Crippen molar-refractivity contribution < 1.29 is 9.90 Å². The van der Waals surface area contributed by atoms with Gasteiger partial charge in [0.1, 0.15) is 0 Å². The zero-order valence-electron chi connectivity index (χ0n) is 12.5. The van der Waals surface area contributed by atoms with E-state index in [0.29, 0.717) is 13.1 Å². The van der Waals surface area contributed by atoms with Gasteiger partial charge in [-0.3, -0.25) is 0 Å². The molecule has 5 nitrogen and oxygen atoms in total. The highest BCUT2D eigenvalue weighted by Crippen LogP contribution is 2.06. The number of benzene rings is 1. The molecule has 0 spiro atoms. The van der Waals surface area contributed by atoms with Crippen LogP contribution in [0.3, 0.4) is 0 Å². The Morgan fingerprint density at radius 2 is 1.90 bits per heavy atom. The van der Waals surface area contributed by atoms with Crippen molar-refractivity contribution in [2.75, 3.05) is 40.8 Å². The van der Waals surface area contributed by atoms with Gasteiger partial charge in [-0.15, -0.1) is 0 Å². The van der Waals surface area contributed by atoms with Gasteiger partial charge in [-0.2, -0.15) is 0 Å². The van der Waals surface area contributed by atoms with E-state index in [-0.39, 0.29) is 18.7 Å². The molecule has 112 valence electrons. The summed E-state index contributed by atoms with van der Waals surface area (Å²) in [6.07, 6.45) is 0.887. The fourth-order valence-electron chi connectivity index (χ4n) is 1.92. The maximum Gasteiger partial charge on any atom is 0.317 e. The van der Waals surface area contributed by atoms with E-state index >= 15 is 0 Å². The van der Waals surface area contributed by atoms with Crippen molar-refractivity contribution >= 4 is 6.03 Å². The molecule has 0 aliphatic rings. The summed E-state index contributed by atoms with van der Waals surface area (Å²) >= 11 is 0. The smallest absolute Gasteiger partial charge is 0.317 e. The van der Waals surface area contributed by atoms with Crippen molar-refractivity contribution in [1.82, 2.24) is 15.1 Å². The van der Waals surface area contributed by atoms with Crippen LogP contribution in [-0.2, 0) is 6.42 Å². The van der Waals surface area contributed by atoms with Crippen LogP contribution in [-0.4, -0.2) is 67.8 Å². The first kappa shape index (κ1) is 16.5. The number of aliphatic hydroxyl groups is 1. The standard InChI is InChI=1S/C15H25N3O2/c1-17(2)14(11-13-7-5-4-6-8-13)12-16-15(20)18(3)9-10-19/h4-8,14,19H,9-12H2,1-3H3,(H,16,20). The number of carbonyl (C=O) groups excluding carboxylic acids is 1. The third-order valence-electron chi connectivity index (χ3n) is 3.32. The van der Waals surface area contributed by atoms with Gasteiger partial charge in [0, 0.05) is 26.2 Å². The lowest BCUT2D eigenvalue weighted by Gasteiger charge is -2.26. The van der Waals surface area contributed by atoms with Gasteiger partial charge in [0.25, 0.3) is 0 Å². The van der Waals surface area contributed by atoms with Crippen LogP contribution in [0.15, 0.2) is 30.3 Å².